The quantitative estimate of drug-likeness (QED) is 0.216. The van der Waals surface area contributed by atoms with E-state index in [0.29, 0.717) is 0 Å². The van der Waals surface area contributed by atoms with E-state index in [0.717, 1.165) is 62.9 Å². The molecule has 7 nitrogen and oxygen atoms in total. The molecule has 1 saturated heterocycles. The van der Waals surface area contributed by atoms with Crippen molar-refractivity contribution < 1.29 is 4.79 Å². The van der Waals surface area contributed by atoms with Crippen LogP contribution >= 0.6 is 46.4 Å². The van der Waals surface area contributed by atoms with Crippen LogP contribution < -0.4 is 5.32 Å². The topological polar surface area (TPSA) is 83.9 Å². The molecule has 5 heterocycles. The highest BCUT2D eigenvalue weighted by Gasteiger charge is 2.25. The summed E-state index contributed by atoms with van der Waals surface area (Å²) < 4.78 is 5.83. The van der Waals surface area contributed by atoms with Crippen molar-refractivity contribution in [2.45, 2.75) is 45.3 Å². The van der Waals surface area contributed by atoms with E-state index in [2.05, 4.69) is 50.4 Å². The lowest BCUT2D eigenvalue weighted by Gasteiger charge is -2.29. The first-order valence-electron chi connectivity index (χ1n) is 12.2. The zero-order valence-corrected chi connectivity index (χ0v) is 23.8. The van der Waals surface area contributed by atoms with Gasteiger partial charge in [0.1, 0.15) is 11.6 Å². The van der Waals surface area contributed by atoms with Crippen LogP contribution in [0, 0.1) is 0 Å². The molecule has 1 amide bonds. The maximum Gasteiger partial charge on any atom is 0.219 e. The summed E-state index contributed by atoms with van der Waals surface area (Å²) in [6, 6.07) is 16.6. The largest absolute Gasteiger partial charge is 0.343 e. The van der Waals surface area contributed by atoms with Crippen molar-refractivity contribution in [3.05, 3.63) is 72.1 Å². The summed E-state index contributed by atoms with van der Waals surface area (Å²) in [5.41, 5.74) is 1.02. The number of anilines is 2. The number of aromatic nitrogens is 4. The number of rotatable bonds is 7. The van der Waals surface area contributed by atoms with Gasteiger partial charge >= 0.3 is 0 Å². The molecule has 11 heteroatoms. The number of amides is 1. The number of piperidine rings is 1. The van der Waals surface area contributed by atoms with Gasteiger partial charge in [-0.15, -0.1) is 11.3 Å². The molecule has 1 aliphatic rings. The fraction of sp³-hybridized carbons (Fsp3) is 0.222. The number of nitrogens with zero attached hydrogens (tertiary/aromatic N) is 5. The van der Waals surface area contributed by atoms with Gasteiger partial charge in [0.25, 0.3) is 0 Å². The summed E-state index contributed by atoms with van der Waals surface area (Å²) in [7, 11) is 0. The Labute approximate surface area is 237 Å². The van der Waals surface area contributed by atoms with Crippen molar-refractivity contribution in [1.29, 1.82) is 0 Å². The molecule has 38 heavy (non-hydrogen) atoms. The molecule has 192 valence electrons. The van der Waals surface area contributed by atoms with E-state index in [9.17, 15) is 4.79 Å². The van der Waals surface area contributed by atoms with E-state index < -0.39 is 0 Å². The van der Waals surface area contributed by atoms with Crippen LogP contribution in [-0.4, -0.2) is 43.2 Å². The SMILES string of the molecule is CC(=O)N1CCC(c2nsc(Nc3ncc(Sc4ccnc5ccsc45)cc3Sc3ccccc3)n2)CC1. The van der Waals surface area contributed by atoms with E-state index in [1.54, 1.807) is 41.8 Å². The van der Waals surface area contributed by atoms with Crippen LogP contribution in [0.1, 0.15) is 31.5 Å². The first-order valence-corrected chi connectivity index (χ1v) is 15.5. The summed E-state index contributed by atoms with van der Waals surface area (Å²) in [4.78, 5) is 32.0. The lowest BCUT2D eigenvalue weighted by molar-refractivity contribution is -0.129. The fourth-order valence-electron chi connectivity index (χ4n) is 4.33. The third-order valence-electron chi connectivity index (χ3n) is 6.31. The summed E-state index contributed by atoms with van der Waals surface area (Å²) in [5.74, 6) is 2.02. The van der Waals surface area contributed by atoms with Gasteiger partial charge in [-0.25, -0.2) is 9.97 Å². The minimum Gasteiger partial charge on any atom is -0.343 e. The number of carbonyl (C=O) groups is 1. The number of fused-ring (bicyclic) bond motifs is 1. The molecule has 4 aromatic heterocycles. The minimum absolute atomic E-state index is 0.136. The Morgan fingerprint density at radius 1 is 1.03 bits per heavy atom. The molecular weight excluding hydrogens is 553 g/mol. The minimum atomic E-state index is 0.136. The summed E-state index contributed by atoms with van der Waals surface area (Å²) >= 11 is 6.43. The molecule has 1 aliphatic heterocycles. The molecule has 0 aliphatic carbocycles. The average molecular weight is 577 g/mol. The third-order valence-corrected chi connectivity index (χ3v) is 10.1. The highest BCUT2D eigenvalue weighted by molar-refractivity contribution is 8.00. The van der Waals surface area contributed by atoms with Gasteiger partial charge in [-0.05, 0) is 48.6 Å². The van der Waals surface area contributed by atoms with Gasteiger partial charge in [0, 0.05) is 64.5 Å². The monoisotopic (exact) mass is 576 g/mol. The maximum atomic E-state index is 11.7. The predicted octanol–water partition coefficient (Wildman–Crippen LogP) is 7.31. The Kier molecular flexibility index (Phi) is 7.59. The van der Waals surface area contributed by atoms with Crippen molar-refractivity contribution in [3.63, 3.8) is 0 Å². The van der Waals surface area contributed by atoms with E-state index >= 15 is 0 Å². The predicted molar refractivity (Wildman–Crippen MR) is 156 cm³/mol. The average Bonchev–Trinajstić information content (AvgIpc) is 3.61. The van der Waals surface area contributed by atoms with E-state index in [1.165, 1.54) is 21.1 Å². The molecule has 1 fully saturated rings. The molecule has 1 aromatic carbocycles. The second kappa shape index (κ2) is 11.4. The Morgan fingerprint density at radius 2 is 1.84 bits per heavy atom. The Hall–Kier alpha value is -2.99. The number of nitrogens with one attached hydrogen (secondary N) is 1. The van der Waals surface area contributed by atoms with Gasteiger partial charge in [0.2, 0.25) is 11.0 Å². The smallest absolute Gasteiger partial charge is 0.219 e. The number of pyridine rings is 2. The van der Waals surface area contributed by atoms with E-state index in [4.69, 9.17) is 9.97 Å². The molecule has 0 unspecified atom stereocenters. The molecule has 0 atom stereocenters. The first kappa shape index (κ1) is 25.3. The van der Waals surface area contributed by atoms with Crippen LogP contribution in [0.3, 0.4) is 0 Å². The summed E-state index contributed by atoms with van der Waals surface area (Å²) in [5, 5.41) is 6.23. The Balaban J connectivity index is 1.24. The number of hydrogen-bond acceptors (Lipinski definition) is 10. The van der Waals surface area contributed by atoms with E-state index in [1.807, 2.05) is 35.5 Å². The van der Waals surface area contributed by atoms with Gasteiger partial charge < -0.3 is 10.2 Å². The molecule has 0 spiro atoms. The van der Waals surface area contributed by atoms with E-state index in [-0.39, 0.29) is 11.8 Å². The molecule has 6 rings (SSSR count). The maximum absolute atomic E-state index is 11.7. The van der Waals surface area contributed by atoms with Gasteiger partial charge in [-0.2, -0.15) is 4.37 Å². The molecular formula is C27H24N6OS4. The highest BCUT2D eigenvalue weighted by atomic mass is 32.2. The lowest BCUT2D eigenvalue weighted by atomic mass is 9.96. The van der Waals surface area contributed by atoms with Crippen molar-refractivity contribution in [1.82, 2.24) is 24.2 Å². The Bertz CT molecular complexity index is 1560. The van der Waals surface area contributed by atoms with Crippen molar-refractivity contribution in [2.24, 2.45) is 0 Å². The van der Waals surface area contributed by atoms with Gasteiger partial charge in [-0.3, -0.25) is 9.78 Å². The summed E-state index contributed by atoms with van der Waals surface area (Å²) in [6.07, 6.45) is 5.54. The van der Waals surface area contributed by atoms with Gasteiger partial charge in [-0.1, -0.05) is 41.7 Å². The van der Waals surface area contributed by atoms with Crippen LogP contribution in [0.25, 0.3) is 10.2 Å². The second-order valence-electron chi connectivity index (χ2n) is 8.84. The standard InChI is InChI=1S/C27H24N6OS4/c1-17(34)33-12-8-18(9-13-33)25-30-27(38-32-25)31-26-23(36-19-5-3-2-4-6-19)15-20(16-29-26)37-22-7-11-28-21-10-14-35-24(21)22/h2-7,10-11,14-16,18H,8-9,12-13H2,1H3,(H,29,30,31,32). The molecule has 1 N–H and O–H groups in total. The van der Waals surface area contributed by atoms with Crippen molar-refractivity contribution in [3.8, 4) is 0 Å². The molecule has 5 aromatic rings. The molecule has 0 radical (unpaired) electrons. The number of benzene rings is 1. The fourth-order valence-corrected chi connectivity index (χ4v) is 7.88. The van der Waals surface area contributed by atoms with Crippen LogP contribution in [0.15, 0.2) is 85.9 Å². The second-order valence-corrected chi connectivity index (χ2v) is 12.7. The normalized spacial score (nSPS) is 14.2. The van der Waals surface area contributed by atoms with Crippen LogP contribution in [-0.2, 0) is 4.79 Å². The van der Waals surface area contributed by atoms with Crippen molar-refractivity contribution in [2.75, 3.05) is 18.4 Å². The first-order chi connectivity index (χ1) is 18.6. The van der Waals surface area contributed by atoms with Gasteiger partial charge in [0.05, 0.1) is 15.1 Å². The van der Waals surface area contributed by atoms with Crippen LogP contribution in [0.2, 0.25) is 0 Å². The van der Waals surface area contributed by atoms with Crippen molar-refractivity contribution >= 4 is 73.5 Å². The number of hydrogen-bond donors (Lipinski definition) is 1. The summed E-state index contributed by atoms with van der Waals surface area (Å²) in [6.45, 7) is 3.15. The lowest BCUT2D eigenvalue weighted by Crippen LogP contribution is -2.36. The third kappa shape index (κ3) is 5.70. The Morgan fingerprint density at radius 3 is 2.66 bits per heavy atom. The van der Waals surface area contributed by atoms with Crippen LogP contribution in [0.5, 0.6) is 0 Å². The number of thiophene rings is 1. The molecule has 0 saturated carbocycles. The highest BCUT2D eigenvalue weighted by Crippen LogP contribution is 2.40. The van der Waals surface area contributed by atoms with Gasteiger partial charge in [0.15, 0.2) is 0 Å². The number of likely N-dealkylation sites (tertiary alicyclic amines) is 1. The molecule has 0 bridgehead atoms. The van der Waals surface area contributed by atoms with Crippen LogP contribution in [0.4, 0.5) is 10.9 Å². The zero-order chi connectivity index (χ0) is 25.9. The zero-order valence-electron chi connectivity index (χ0n) is 20.5. The number of carbonyl (C=O) groups excluding carboxylic acids is 1.